The summed E-state index contributed by atoms with van der Waals surface area (Å²) in [5, 5.41) is 12.0. The molecule has 6 heteroatoms. The van der Waals surface area contributed by atoms with Gasteiger partial charge in [-0.3, -0.25) is 4.79 Å². The minimum Gasteiger partial charge on any atom is -0.481 e. The first-order valence-corrected chi connectivity index (χ1v) is 10.5. The van der Waals surface area contributed by atoms with Gasteiger partial charge in [0.2, 0.25) is 0 Å². The number of benzene rings is 3. The second-order valence-corrected chi connectivity index (χ2v) is 8.02. The van der Waals surface area contributed by atoms with E-state index >= 15 is 0 Å². The van der Waals surface area contributed by atoms with Crippen LogP contribution in [0.3, 0.4) is 0 Å². The summed E-state index contributed by atoms with van der Waals surface area (Å²) in [7, 11) is 0. The van der Waals surface area contributed by atoms with Gasteiger partial charge < -0.3 is 10.8 Å². The van der Waals surface area contributed by atoms with E-state index in [1.54, 1.807) is 0 Å². The molecule has 0 radical (unpaired) electrons. The van der Waals surface area contributed by atoms with Crippen molar-refractivity contribution in [3.05, 3.63) is 108 Å². The van der Waals surface area contributed by atoms with Gasteiger partial charge in [-0.2, -0.15) is 5.53 Å². The van der Waals surface area contributed by atoms with Crippen LogP contribution >= 0.6 is 0 Å². The van der Waals surface area contributed by atoms with Gasteiger partial charge in [0, 0.05) is 13.1 Å². The molecular weight excluding hydrogens is 388 g/mol. The van der Waals surface area contributed by atoms with Crippen LogP contribution in [0.4, 0.5) is 0 Å². The second-order valence-electron chi connectivity index (χ2n) is 8.02. The monoisotopic (exact) mass is 416 g/mol. The quantitative estimate of drug-likeness (QED) is 0.350. The van der Waals surface area contributed by atoms with E-state index in [0.29, 0.717) is 25.9 Å². The van der Waals surface area contributed by atoms with Gasteiger partial charge in [-0.25, -0.2) is 10.4 Å². The molecule has 5 N–H and O–H groups in total. The van der Waals surface area contributed by atoms with E-state index in [4.69, 9.17) is 5.73 Å². The summed E-state index contributed by atoms with van der Waals surface area (Å²) in [6, 6.07) is 29.2. The highest BCUT2D eigenvalue weighted by atomic mass is 16.4. The Labute approximate surface area is 182 Å². The first-order chi connectivity index (χ1) is 15.0. The number of nitrogens with two attached hydrogens (primary N) is 1. The van der Waals surface area contributed by atoms with Crippen molar-refractivity contribution in [1.29, 1.82) is 0 Å². The molecule has 1 fully saturated rings. The number of piperidine rings is 1. The van der Waals surface area contributed by atoms with Crippen LogP contribution < -0.4 is 16.7 Å². The van der Waals surface area contributed by atoms with Gasteiger partial charge in [0.15, 0.2) is 0 Å². The number of carbonyl (C=O) groups is 1. The van der Waals surface area contributed by atoms with E-state index in [-0.39, 0.29) is 0 Å². The summed E-state index contributed by atoms with van der Waals surface area (Å²) in [6.45, 7) is 1.15. The van der Waals surface area contributed by atoms with Crippen molar-refractivity contribution < 1.29 is 9.90 Å². The summed E-state index contributed by atoms with van der Waals surface area (Å²) >= 11 is 0. The Morgan fingerprint density at radius 2 is 1.29 bits per heavy atom. The molecule has 1 aliphatic heterocycles. The van der Waals surface area contributed by atoms with Gasteiger partial charge >= 0.3 is 5.97 Å². The second kappa shape index (κ2) is 8.99. The molecule has 3 aromatic carbocycles. The molecule has 31 heavy (non-hydrogen) atoms. The maximum Gasteiger partial charge on any atom is 0.314 e. The fourth-order valence-corrected chi connectivity index (χ4v) is 4.26. The number of hydrogen-bond acceptors (Lipinski definition) is 5. The van der Waals surface area contributed by atoms with Gasteiger partial charge in [0.1, 0.15) is 5.66 Å². The van der Waals surface area contributed by atoms with E-state index in [1.807, 2.05) is 96.0 Å². The molecule has 160 valence electrons. The van der Waals surface area contributed by atoms with Gasteiger partial charge in [-0.05, 0) is 29.5 Å². The van der Waals surface area contributed by atoms with E-state index in [1.165, 1.54) is 0 Å². The van der Waals surface area contributed by atoms with Crippen LogP contribution in [-0.2, 0) is 15.9 Å². The topological polar surface area (TPSA) is 90.6 Å². The molecule has 6 nitrogen and oxygen atoms in total. The van der Waals surface area contributed by atoms with Crippen LogP contribution in [0, 0.1) is 0 Å². The summed E-state index contributed by atoms with van der Waals surface area (Å²) in [4.78, 5) is 12.2. The highest BCUT2D eigenvalue weighted by Crippen LogP contribution is 2.35. The van der Waals surface area contributed by atoms with Crippen LogP contribution in [0.5, 0.6) is 0 Å². The molecule has 1 saturated heterocycles. The van der Waals surface area contributed by atoms with Crippen LogP contribution in [0.2, 0.25) is 0 Å². The normalized spacial score (nSPS) is 16.7. The summed E-state index contributed by atoms with van der Waals surface area (Å²) in [6.07, 6.45) is 1.02. The largest absolute Gasteiger partial charge is 0.481 e. The molecular formula is C25H28N4O2. The van der Waals surface area contributed by atoms with Crippen molar-refractivity contribution in [2.45, 2.75) is 23.9 Å². The number of carboxylic acid groups (broad SMARTS) is 1. The number of hydrazine groups is 2. The Hall–Kier alpha value is -3.03. The minimum atomic E-state index is -0.941. The molecule has 0 saturated carbocycles. The summed E-state index contributed by atoms with van der Waals surface area (Å²) in [5.74, 6) is -0.770. The fourth-order valence-electron chi connectivity index (χ4n) is 4.26. The van der Waals surface area contributed by atoms with Gasteiger partial charge in [-0.15, -0.1) is 0 Å². The lowest BCUT2D eigenvalue weighted by molar-refractivity contribution is -0.146. The maximum absolute atomic E-state index is 12.2. The standard InChI is InChI=1S/C25H28N4O2/c26-25(21-12-6-2-7-13-21,22-14-8-3-9-15-22)27-28-29-18-16-24(17-19-29,23(30)31)20-10-4-1-5-11-20/h1-15,27-28H,16-19,26H2,(H,30,31). The van der Waals surface area contributed by atoms with Crippen LogP contribution in [0.25, 0.3) is 0 Å². The van der Waals surface area contributed by atoms with Crippen molar-refractivity contribution in [2.24, 2.45) is 5.73 Å². The molecule has 1 heterocycles. The molecule has 0 atom stereocenters. The molecule has 0 aliphatic carbocycles. The Balaban J connectivity index is 1.49. The SMILES string of the molecule is NC(NNN1CCC(C(=O)O)(c2ccccc2)CC1)(c1ccccc1)c1ccccc1. The lowest BCUT2D eigenvalue weighted by Crippen LogP contribution is -2.63. The molecule has 0 spiro atoms. The van der Waals surface area contributed by atoms with Gasteiger partial charge in [-0.1, -0.05) is 91.0 Å². The zero-order valence-corrected chi connectivity index (χ0v) is 17.4. The maximum atomic E-state index is 12.2. The average Bonchev–Trinajstić information content (AvgIpc) is 2.84. The van der Waals surface area contributed by atoms with E-state index in [0.717, 1.165) is 16.7 Å². The smallest absolute Gasteiger partial charge is 0.314 e. The lowest BCUT2D eigenvalue weighted by atomic mass is 9.73. The number of hydrogen-bond donors (Lipinski definition) is 4. The Morgan fingerprint density at radius 1 is 0.839 bits per heavy atom. The number of rotatable bonds is 7. The molecule has 0 bridgehead atoms. The van der Waals surface area contributed by atoms with Gasteiger partial charge in [0.25, 0.3) is 0 Å². The zero-order chi connectivity index (χ0) is 21.7. The third kappa shape index (κ3) is 4.24. The number of nitrogens with one attached hydrogen (secondary N) is 2. The minimum absolute atomic E-state index is 0.509. The molecule has 3 aromatic rings. The highest BCUT2D eigenvalue weighted by molar-refractivity contribution is 5.81. The summed E-state index contributed by atoms with van der Waals surface area (Å²) < 4.78 is 0. The Bertz CT molecular complexity index is 948. The average molecular weight is 417 g/mol. The third-order valence-electron chi connectivity index (χ3n) is 6.22. The predicted molar refractivity (Wildman–Crippen MR) is 121 cm³/mol. The van der Waals surface area contributed by atoms with Crippen LogP contribution in [0.15, 0.2) is 91.0 Å². The van der Waals surface area contributed by atoms with Crippen LogP contribution in [0.1, 0.15) is 29.5 Å². The van der Waals surface area contributed by atoms with Crippen molar-refractivity contribution in [2.75, 3.05) is 13.1 Å². The van der Waals surface area contributed by atoms with Crippen molar-refractivity contribution in [3.8, 4) is 0 Å². The van der Waals surface area contributed by atoms with Crippen molar-refractivity contribution in [1.82, 2.24) is 16.0 Å². The number of aliphatic carboxylic acids is 1. The number of nitrogens with zero attached hydrogens (tertiary/aromatic N) is 1. The lowest BCUT2D eigenvalue weighted by Gasteiger charge is -2.41. The molecule has 0 unspecified atom stereocenters. The summed E-state index contributed by atoms with van der Waals surface area (Å²) in [5.41, 5.74) is 14.3. The molecule has 0 amide bonds. The first kappa shape index (κ1) is 21.2. The van der Waals surface area contributed by atoms with Crippen molar-refractivity contribution >= 4 is 5.97 Å². The predicted octanol–water partition coefficient (Wildman–Crippen LogP) is 2.97. The Kier molecular flexibility index (Phi) is 6.15. The van der Waals surface area contributed by atoms with E-state index < -0.39 is 17.0 Å². The van der Waals surface area contributed by atoms with E-state index in [9.17, 15) is 9.90 Å². The van der Waals surface area contributed by atoms with Crippen molar-refractivity contribution in [3.63, 3.8) is 0 Å². The number of carboxylic acids is 1. The van der Waals surface area contributed by atoms with E-state index in [2.05, 4.69) is 11.0 Å². The highest BCUT2D eigenvalue weighted by Gasteiger charge is 2.43. The zero-order valence-electron chi connectivity index (χ0n) is 17.4. The first-order valence-electron chi connectivity index (χ1n) is 10.5. The Morgan fingerprint density at radius 3 is 1.74 bits per heavy atom. The fraction of sp³-hybridized carbons (Fsp3) is 0.240. The molecule has 4 rings (SSSR count). The van der Waals surface area contributed by atoms with Gasteiger partial charge in [0.05, 0.1) is 5.41 Å². The molecule has 0 aromatic heterocycles. The third-order valence-corrected chi connectivity index (χ3v) is 6.22. The molecule has 1 aliphatic rings. The van der Waals surface area contributed by atoms with Crippen LogP contribution in [-0.4, -0.2) is 29.2 Å².